The minimum atomic E-state index is 0.663. The lowest BCUT2D eigenvalue weighted by Gasteiger charge is -2.14. The summed E-state index contributed by atoms with van der Waals surface area (Å²) < 4.78 is 4.03. The standard InChI is InChI=1S/C31H22N6/c1-21-16-18-25(19-17-21)36-29(23-12-6-3-7-13-23)28(22-10-4-2-5-11-22)32-30(36)26-20-24-14-8-9-15-27(24)37-31(26)33-34-35-37/h2-20H,1H3. The molecule has 0 aliphatic carbocycles. The van der Waals surface area contributed by atoms with Crippen molar-refractivity contribution in [3.63, 3.8) is 0 Å². The van der Waals surface area contributed by atoms with Crippen molar-refractivity contribution in [2.45, 2.75) is 6.92 Å². The summed E-state index contributed by atoms with van der Waals surface area (Å²) in [5.41, 5.74) is 8.75. The van der Waals surface area contributed by atoms with Crippen LogP contribution >= 0.6 is 0 Å². The second-order valence-electron chi connectivity index (χ2n) is 9.07. The monoisotopic (exact) mass is 478 g/mol. The highest BCUT2D eigenvalue weighted by molar-refractivity contribution is 5.92. The summed E-state index contributed by atoms with van der Waals surface area (Å²) in [5, 5.41) is 13.8. The first-order valence-corrected chi connectivity index (χ1v) is 12.2. The molecule has 0 N–H and O–H groups in total. The minimum Gasteiger partial charge on any atom is -0.292 e. The quantitative estimate of drug-likeness (QED) is 0.280. The molecule has 6 heteroatoms. The summed E-state index contributed by atoms with van der Waals surface area (Å²) in [5.74, 6) is 0.784. The van der Waals surface area contributed by atoms with E-state index in [4.69, 9.17) is 4.98 Å². The van der Waals surface area contributed by atoms with E-state index >= 15 is 0 Å². The van der Waals surface area contributed by atoms with E-state index in [-0.39, 0.29) is 0 Å². The number of tetrazole rings is 1. The first-order chi connectivity index (χ1) is 18.3. The van der Waals surface area contributed by atoms with Gasteiger partial charge in [0.2, 0.25) is 0 Å². The van der Waals surface area contributed by atoms with Crippen molar-refractivity contribution in [3.8, 4) is 39.6 Å². The second-order valence-corrected chi connectivity index (χ2v) is 9.07. The molecule has 0 bridgehead atoms. The zero-order valence-electron chi connectivity index (χ0n) is 20.2. The lowest BCUT2D eigenvalue weighted by atomic mass is 10.0. The van der Waals surface area contributed by atoms with E-state index in [1.807, 2.05) is 42.5 Å². The summed E-state index contributed by atoms with van der Waals surface area (Å²) in [6.45, 7) is 2.10. The summed E-state index contributed by atoms with van der Waals surface area (Å²) in [6, 6.07) is 39.6. The van der Waals surface area contributed by atoms with E-state index < -0.39 is 0 Å². The summed E-state index contributed by atoms with van der Waals surface area (Å²) >= 11 is 0. The maximum atomic E-state index is 5.32. The van der Waals surface area contributed by atoms with Gasteiger partial charge in [0.25, 0.3) is 0 Å². The fourth-order valence-electron chi connectivity index (χ4n) is 4.91. The van der Waals surface area contributed by atoms with Crippen LogP contribution in [0.2, 0.25) is 0 Å². The van der Waals surface area contributed by atoms with Crippen LogP contribution in [0.15, 0.2) is 115 Å². The third-order valence-electron chi connectivity index (χ3n) is 6.68. The molecule has 7 aromatic rings. The van der Waals surface area contributed by atoms with Gasteiger partial charge in [-0.1, -0.05) is 96.6 Å². The minimum absolute atomic E-state index is 0.663. The molecule has 0 aliphatic rings. The van der Waals surface area contributed by atoms with Gasteiger partial charge in [-0.15, -0.1) is 5.10 Å². The molecule has 0 aliphatic heterocycles. The highest BCUT2D eigenvalue weighted by atomic mass is 15.5. The first kappa shape index (κ1) is 21.2. The van der Waals surface area contributed by atoms with Gasteiger partial charge >= 0.3 is 0 Å². The third kappa shape index (κ3) is 3.50. The molecular weight excluding hydrogens is 456 g/mol. The highest BCUT2D eigenvalue weighted by Crippen LogP contribution is 2.40. The first-order valence-electron chi connectivity index (χ1n) is 12.2. The smallest absolute Gasteiger partial charge is 0.190 e. The Morgan fingerprint density at radius 2 is 1.35 bits per heavy atom. The largest absolute Gasteiger partial charge is 0.292 e. The number of hydrogen-bond donors (Lipinski definition) is 0. The van der Waals surface area contributed by atoms with Gasteiger partial charge < -0.3 is 0 Å². The number of aromatic nitrogens is 6. The summed E-state index contributed by atoms with van der Waals surface area (Å²) in [4.78, 5) is 5.32. The van der Waals surface area contributed by atoms with Crippen LogP contribution in [0.25, 0.3) is 56.1 Å². The Labute approximate surface area is 213 Å². The third-order valence-corrected chi connectivity index (χ3v) is 6.68. The predicted molar refractivity (Wildman–Crippen MR) is 146 cm³/mol. The zero-order chi connectivity index (χ0) is 24.8. The van der Waals surface area contributed by atoms with Crippen molar-refractivity contribution in [2.75, 3.05) is 0 Å². The van der Waals surface area contributed by atoms with Crippen LogP contribution in [0, 0.1) is 6.92 Å². The lowest BCUT2D eigenvalue weighted by molar-refractivity contribution is 0.841. The van der Waals surface area contributed by atoms with Crippen LogP contribution in [0.4, 0.5) is 0 Å². The van der Waals surface area contributed by atoms with Crippen molar-refractivity contribution in [2.24, 2.45) is 0 Å². The van der Waals surface area contributed by atoms with Gasteiger partial charge in [-0.3, -0.25) is 4.57 Å². The van der Waals surface area contributed by atoms with Gasteiger partial charge in [0.15, 0.2) is 5.65 Å². The number of pyridine rings is 1. The maximum Gasteiger partial charge on any atom is 0.190 e. The molecule has 3 aromatic heterocycles. The van der Waals surface area contributed by atoms with Crippen LogP contribution in [0.3, 0.4) is 0 Å². The normalized spacial score (nSPS) is 11.4. The predicted octanol–water partition coefficient (Wildman–Crippen LogP) is 6.77. The number of fused-ring (bicyclic) bond motifs is 3. The van der Waals surface area contributed by atoms with Crippen molar-refractivity contribution in [1.82, 2.24) is 29.6 Å². The Morgan fingerprint density at radius 3 is 2.11 bits per heavy atom. The number of rotatable bonds is 4. The van der Waals surface area contributed by atoms with E-state index in [1.165, 1.54) is 5.56 Å². The molecule has 37 heavy (non-hydrogen) atoms. The molecular formula is C31H22N6. The Morgan fingerprint density at radius 1 is 0.676 bits per heavy atom. The molecule has 0 saturated heterocycles. The van der Waals surface area contributed by atoms with Crippen molar-refractivity contribution in [3.05, 3.63) is 121 Å². The van der Waals surface area contributed by atoms with E-state index in [0.29, 0.717) is 5.65 Å². The van der Waals surface area contributed by atoms with Gasteiger partial charge in [-0.2, -0.15) is 4.52 Å². The van der Waals surface area contributed by atoms with Gasteiger partial charge in [0.05, 0.1) is 22.5 Å². The number of para-hydroxylation sites is 1. The van der Waals surface area contributed by atoms with Gasteiger partial charge in [0.1, 0.15) is 5.82 Å². The molecule has 0 amide bonds. The molecule has 7 rings (SSSR count). The number of imidazole rings is 1. The molecule has 6 nitrogen and oxygen atoms in total. The molecule has 0 spiro atoms. The van der Waals surface area contributed by atoms with Gasteiger partial charge in [0, 0.05) is 22.2 Å². The van der Waals surface area contributed by atoms with Gasteiger partial charge in [-0.05, 0) is 41.6 Å². The van der Waals surface area contributed by atoms with Crippen LogP contribution in [0.5, 0.6) is 0 Å². The molecule has 4 aromatic carbocycles. The van der Waals surface area contributed by atoms with Crippen LogP contribution in [0.1, 0.15) is 5.56 Å². The van der Waals surface area contributed by atoms with E-state index in [0.717, 1.165) is 50.5 Å². The number of aryl methyl sites for hydroxylation is 1. The zero-order valence-corrected chi connectivity index (χ0v) is 20.2. The van der Waals surface area contributed by atoms with E-state index in [9.17, 15) is 0 Å². The van der Waals surface area contributed by atoms with Crippen molar-refractivity contribution < 1.29 is 0 Å². The SMILES string of the molecule is Cc1ccc(-n2c(-c3cc4ccccc4n4nnnc34)nc(-c3ccccc3)c2-c2ccccc2)cc1. The Bertz CT molecular complexity index is 1870. The Balaban J connectivity index is 1.64. The molecule has 176 valence electrons. The average Bonchev–Trinajstić information content (AvgIpc) is 3.60. The fraction of sp³-hybridized carbons (Fsp3) is 0.0323. The maximum absolute atomic E-state index is 5.32. The molecule has 0 saturated carbocycles. The Kier molecular flexibility index (Phi) is 4.89. The van der Waals surface area contributed by atoms with Crippen LogP contribution < -0.4 is 0 Å². The summed E-state index contributed by atoms with van der Waals surface area (Å²) in [6.07, 6.45) is 0. The molecule has 0 fully saturated rings. The highest BCUT2D eigenvalue weighted by Gasteiger charge is 2.25. The van der Waals surface area contributed by atoms with E-state index in [2.05, 4.69) is 99.8 Å². The second kappa shape index (κ2) is 8.53. The number of benzene rings is 4. The lowest BCUT2D eigenvalue weighted by Crippen LogP contribution is -2.02. The molecule has 0 unspecified atom stereocenters. The van der Waals surface area contributed by atoms with E-state index in [1.54, 1.807) is 4.52 Å². The number of nitrogens with zero attached hydrogens (tertiary/aromatic N) is 6. The molecule has 0 atom stereocenters. The fourth-order valence-corrected chi connectivity index (χ4v) is 4.91. The van der Waals surface area contributed by atoms with Crippen LogP contribution in [-0.2, 0) is 0 Å². The van der Waals surface area contributed by atoms with Crippen LogP contribution in [-0.4, -0.2) is 29.6 Å². The number of hydrogen-bond acceptors (Lipinski definition) is 4. The molecule has 3 heterocycles. The van der Waals surface area contributed by atoms with Gasteiger partial charge in [-0.25, -0.2) is 4.98 Å². The van der Waals surface area contributed by atoms with Crippen molar-refractivity contribution in [1.29, 1.82) is 0 Å². The molecule has 0 radical (unpaired) electrons. The Hall–Kier alpha value is -5.10. The topological polar surface area (TPSA) is 60.9 Å². The average molecular weight is 479 g/mol. The van der Waals surface area contributed by atoms with Crippen molar-refractivity contribution >= 4 is 16.6 Å². The summed E-state index contributed by atoms with van der Waals surface area (Å²) in [7, 11) is 0.